The normalized spacial score (nSPS) is 14.6. The van der Waals surface area contributed by atoms with Crippen molar-refractivity contribution in [2.24, 2.45) is 0 Å². The molecule has 0 saturated heterocycles. The Morgan fingerprint density at radius 2 is 0.855 bits per heavy atom. The number of likely N-dealkylation sites (N-methyl/N-ethyl adjacent to an activating group) is 1. The van der Waals surface area contributed by atoms with Crippen LogP contribution < -0.4 is 5.32 Å². The summed E-state index contributed by atoms with van der Waals surface area (Å²) in [5.41, 5.74) is 0. The summed E-state index contributed by atoms with van der Waals surface area (Å²) in [6, 6.07) is -0.893. The summed E-state index contributed by atoms with van der Waals surface area (Å²) < 4.78 is 30.6. The minimum absolute atomic E-state index is 0.0202. The SMILES string of the molecule is CC/C=C\C/C=C\C/C=C\C/C=C\C/C=C\CCCCCCCC(=O)OC(/C=C/CCCCCCCCCCCC)C(COP(=O)(O)OCC[N+](C)(C)C)NC(=O)CCC/C=C\C/C=C\C/C=C\C/C=C\CCCCC. The fourth-order valence-corrected chi connectivity index (χ4v) is 8.69. The van der Waals surface area contributed by atoms with Gasteiger partial charge in [0.1, 0.15) is 19.3 Å². The van der Waals surface area contributed by atoms with Gasteiger partial charge in [-0.05, 0) is 115 Å². The third-order valence-corrected chi connectivity index (χ3v) is 13.6. The molecule has 9 nitrogen and oxygen atoms in total. The number of phosphoric acid groups is 1. The molecule has 434 valence electrons. The smallest absolute Gasteiger partial charge is 0.456 e. The number of quaternary nitrogens is 1. The van der Waals surface area contributed by atoms with Crippen molar-refractivity contribution in [2.45, 2.75) is 245 Å². The first kappa shape index (κ1) is 72.4. The average molecular weight is 1080 g/mol. The molecule has 0 saturated carbocycles. The van der Waals surface area contributed by atoms with Crippen molar-refractivity contribution < 1.29 is 37.3 Å². The number of ether oxygens (including phenoxy) is 1. The number of nitrogens with one attached hydrogen (secondary N) is 1. The fourth-order valence-electron chi connectivity index (χ4n) is 7.96. The first-order chi connectivity index (χ1) is 36.9. The molecule has 0 bridgehead atoms. The summed E-state index contributed by atoms with van der Waals surface area (Å²) in [7, 11) is 1.43. The minimum Gasteiger partial charge on any atom is -0.456 e. The monoisotopic (exact) mass is 1080 g/mol. The molecule has 0 aliphatic rings. The molecule has 76 heavy (non-hydrogen) atoms. The summed E-state index contributed by atoms with van der Waals surface area (Å²) in [4.78, 5) is 37.7. The van der Waals surface area contributed by atoms with Crippen LogP contribution in [0.25, 0.3) is 0 Å². The van der Waals surface area contributed by atoms with Crippen LogP contribution in [0.3, 0.4) is 0 Å². The Morgan fingerprint density at radius 1 is 0.474 bits per heavy atom. The van der Waals surface area contributed by atoms with Gasteiger partial charge in [0.05, 0.1) is 33.8 Å². The molecule has 0 heterocycles. The second-order valence-electron chi connectivity index (χ2n) is 21.1. The molecule has 2 N–H and O–H groups in total. The number of carbonyl (C=O) groups excluding carboxylic acids is 2. The quantitative estimate of drug-likeness (QED) is 0.0205. The Hall–Kier alpha value is -3.59. The Labute approximate surface area is 467 Å². The second-order valence-corrected chi connectivity index (χ2v) is 22.6. The van der Waals surface area contributed by atoms with Gasteiger partial charge in [-0.2, -0.15) is 0 Å². The van der Waals surface area contributed by atoms with Gasteiger partial charge in [0.15, 0.2) is 0 Å². The van der Waals surface area contributed by atoms with E-state index in [2.05, 4.69) is 135 Å². The van der Waals surface area contributed by atoms with Gasteiger partial charge in [-0.1, -0.05) is 226 Å². The molecule has 10 heteroatoms. The van der Waals surface area contributed by atoms with Crippen LogP contribution >= 0.6 is 7.82 Å². The lowest BCUT2D eigenvalue weighted by atomic mass is 10.1. The van der Waals surface area contributed by atoms with Gasteiger partial charge in [-0.15, -0.1) is 0 Å². The average Bonchev–Trinajstić information content (AvgIpc) is 3.38. The highest BCUT2D eigenvalue weighted by Crippen LogP contribution is 2.43. The zero-order valence-corrected chi connectivity index (χ0v) is 50.3. The van der Waals surface area contributed by atoms with E-state index in [-0.39, 0.29) is 37.9 Å². The van der Waals surface area contributed by atoms with Gasteiger partial charge < -0.3 is 19.4 Å². The third kappa shape index (κ3) is 55.2. The Balaban J connectivity index is 5.41. The van der Waals surface area contributed by atoms with Crippen molar-refractivity contribution in [1.29, 1.82) is 0 Å². The number of nitrogens with zero attached hydrogens (tertiary/aromatic N) is 1. The van der Waals surface area contributed by atoms with Crippen molar-refractivity contribution in [2.75, 3.05) is 40.9 Å². The molecule has 0 aromatic heterocycles. The van der Waals surface area contributed by atoms with Crippen LogP contribution in [0.2, 0.25) is 0 Å². The molecule has 0 radical (unpaired) electrons. The number of unbranched alkanes of at least 4 members (excludes halogenated alkanes) is 19. The van der Waals surface area contributed by atoms with Gasteiger partial charge >= 0.3 is 13.8 Å². The van der Waals surface area contributed by atoms with Crippen molar-refractivity contribution in [3.63, 3.8) is 0 Å². The van der Waals surface area contributed by atoms with Gasteiger partial charge in [-0.3, -0.25) is 18.6 Å². The van der Waals surface area contributed by atoms with Crippen LogP contribution in [0.4, 0.5) is 0 Å². The van der Waals surface area contributed by atoms with E-state index < -0.39 is 20.0 Å². The topological polar surface area (TPSA) is 111 Å². The molecular formula is C66H114N2O7P+. The first-order valence-corrected chi connectivity index (χ1v) is 31.9. The number of carbonyl (C=O) groups is 2. The van der Waals surface area contributed by atoms with Crippen LogP contribution in [0, 0.1) is 0 Å². The van der Waals surface area contributed by atoms with Crippen LogP contribution in [0.1, 0.15) is 233 Å². The number of hydrogen-bond donors (Lipinski definition) is 2. The lowest BCUT2D eigenvalue weighted by Crippen LogP contribution is -2.47. The summed E-state index contributed by atoms with van der Waals surface area (Å²) in [6.45, 7) is 6.79. The molecule has 0 aliphatic heterocycles. The minimum atomic E-state index is -4.47. The zero-order valence-electron chi connectivity index (χ0n) is 49.4. The van der Waals surface area contributed by atoms with E-state index in [0.29, 0.717) is 23.9 Å². The number of esters is 1. The summed E-state index contributed by atoms with van der Waals surface area (Å²) in [5, 5.41) is 3.01. The maximum atomic E-state index is 13.5. The van der Waals surface area contributed by atoms with E-state index in [9.17, 15) is 19.0 Å². The molecule has 0 aliphatic carbocycles. The van der Waals surface area contributed by atoms with E-state index in [1.54, 1.807) is 0 Å². The van der Waals surface area contributed by atoms with Crippen molar-refractivity contribution in [3.05, 3.63) is 122 Å². The van der Waals surface area contributed by atoms with Gasteiger partial charge in [0.2, 0.25) is 5.91 Å². The van der Waals surface area contributed by atoms with Crippen molar-refractivity contribution in [3.8, 4) is 0 Å². The lowest BCUT2D eigenvalue weighted by Gasteiger charge is -2.27. The molecule has 0 rings (SSSR count). The molecule has 3 unspecified atom stereocenters. The van der Waals surface area contributed by atoms with E-state index in [1.807, 2.05) is 33.3 Å². The number of phosphoric ester groups is 1. The number of amides is 1. The predicted octanol–water partition coefficient (Wildman–Crippen LogP) is 18.7. The maximum absolute atomic E-state index is 13.5. The number of rotatable bonds is 53. The van der Waals surface area contributed by atoms with E-state index >= 15 is 0 Å². The van der Waals surface area contributed by atoms with Gasteiger partial charge in [0, 0.05) is 12.8 Å². The standard InChI is InChI=1S/C66H113N2O7P/c1-7-10-13-16-19-22-25-28-30-32-33-34-35-37-39-41-44-47-50-53-56-59-66(70)75-64(57-54-51-48-45-42-27-24-21-18-15-12-9-3)63(62-74-76(71,72)73-61-60-68(4,5)6)67-65(69)58-55-52-49-46-43-40-38-36-31-29-26-23-20-17-14-11-8-2/h10,13,19-20,22-23,28-31,33-34,37-40,46,49,54,57,63-64H,7-9,11-12,14-18,21,24-27,32,35-36,41-45,47-48,50-53,55-56,58-62H2,1-6H3,(H-,67,69,71,72)/p+1/b13-10-,22-19-,23-20-,30-28-,31-29-,34-33-,39-37-,40-38-,49-46-,57-54+. The largest absolute Gasteiger partial charge is 0.472 e. The fraction of sp³-hybridized carbons (Fsp3) is 0.667. The molecule has 0 aromatic rings. The Morgan fingerprint density at radius 3 is 1.32 bits per heavy atom. The zero-order chi connectivity index (χ0) is 55.7. The van der Waals surface area contributed by atoms with Gasteiger partial charge in [-0.25, -0.2) is 4.57 Å². The highest BCUT2D eigenvalue weighted by Gasteiger charge is 2.30. The maximum Gasteiger partial charge on any atom is 0.472 e. The number of hydrogen-bond acceptors (Lipinski definition) is 6. The van der Waals surface area contributed by atoms with Crippen LogP contribution in [-0.4, -0.2) is 74.3 Å². The van der Waals surface area contributed by atoms with E-state index in [4.69, 9.17) is 13.8 Å². The molecular weight excluding hydrogens is 964 g/mol. The molecule has 3 atom stereocenters. The number of allylic oxidation sites excluding steroid dienone is 19. The highest BCUT2D eigenvalue weighted by atomic mass is 31.2. The summed E-state index contributed by atoms with van der Waals surface area (Å²) in [6.07, 6.45) is 76.3. The first-order valence-electron chi connectivity index (χ1n) is 30.4. The lowest BCUT2D eigenvalue weighted by molar-refractivity contribution is -0.870. The van der Waals surface area contributed by atoms with Crippen LogP contribution in [-0.2, 0) is 27.9 Å². The predicted molar refractivity (Wildman–Crippen MR) is 327 cm³/mol. The summed E-state index contributed by atoms with van der Waals surface area (Å²) in [5.74, 6) is -0.601. The molecule has 1 amide bonds. The molecule has 0 spiro atoms. The Kier molecular flexibility index (Phi) is 52.2. The molecule has 0 aromatic carbocycles. The molecule has 0 fully saturated rings. The van der Waals surface area contributed by atoms with Crippen LogP contribution in [0.15, 0.2) is 122 Å². The van der Waals surface area contributed by atoms with E-state index in [1.165, 1.54) is 77.0 Å². The Bertz CT molecular complexity index is 1720. The van der Waals surface area contributed by atoms with E-state index in [0.717, 1.165) is 109 Å². The second kappa shape index (κ2) is 54.8. The van der Waals surface area contributed by atoms with Crippen molar-refractivity contribution in [1.82, 2.24) is 5.32 Å². The van der Waals surface area contributed by atoms with Crippen LogP contribution in [0.5, 0.6) is 0 Å². The summed E-state index contributed by atoms with van der Waals surface area (Å²) >= 11 is 0. The third-order valence-electron chi connectivity index (χ3n) is 12.6. The van der Waals surface area contributed by atoms with Gasteiger partial charge in [0.25, 0.3) is 0 Å². The van der Waals surface area contributed by atoms with Crippen molar-refractivity contribution >= 4 is 19.7 Å². The highest BCUT2D eigenvalue weighted by molar-refractivity contribution is 7.47.